The Morgan fingerprint density at radius 1 is 1.08 bits per heavy atom. The molecule has 0 atom stereocenters. The molecule has 1 fully saturated rings. The van der Waals surface area contributed by atoms with Crippen LogP contribution in [-0.2, 0) is 14.8 Å². The van der Waals surface area contributed by atoms with Gasteiger partial charge in [-0.3, -0.25) is 9.52 Å². The van der Waals surface area contributed by atoms with Gasteiger partial charge in [0.15, 0.2) is 0 Å². The van der Waals surface area contributed by atoms with Gasteiger partial charge in [-0.25, -0.2) is 13.2 Å². The quantitative estimate of drug-likeness (QED) is 0.851. The lowest BCUT2D eigenvalue weighted by Gasteiger charge is -2.20. The van der Waals surface area contributed by atoms with Crippen molar-refractivity contribution >= 4 is 33.3 Å². The molecule has 1 saturated heterocycles. The minimum Gasteiger partial charge on any atom is -0.478 e. The number of carbonyl (C=O) groups is 2. The van der Waals surface area contributed by atoms with E-state index < -0.39 is 16.0 Å². The molecule has 0 unspecified atom stereocenters. The number of sulfonamides is 1. The van der Waals surface area contributed by atoms with Gasteiger partial charge in [0.2, 0.25) is 5.91 Å². The van der Waals surface area contributed by atoms with Crippen molar-refractivity contribution in [2.45, 2.75) is 17.7 Å². The number of hydrogen-bond donors (Lipinski definition) is 2. The Balaban J connectivity index is 1.91. The molecule has 0 spiro atoms. The SMILES string of the molecule is O=C(O)c1ccc(S(=O)(=O)Nc2ccccc2N2CCCC2=O)cc1. The van der Waals surface area contributed by atoms with Crippen LogP contribution >= 0.6 is 0 Å². The van der Waals surface area contributed by atoms with Gasteiger partial charge in [0.25, 0.3) is 10.0 Å². The summed E-state index contributed by atoms with van der Waals surface area (Å²) in [5.41, 5.74) is 0.817. The average Bonchev–Trinajstić information content (AvgIpc) is 3.01. The van der Waals surface area contributed by atoms with Gasteiger partial charge in [0, 0.05) is 13.0 Å². The molecule has 2 aromatic rings. The van der Waals surface area contributed by atoms with E-state index >= 15 is 0 Å². The lowest BCUT2D eigenvalue weighted by Crippen LogP contribution is -2.25. The fourth-order valence-corrected chi connectivity index (χ4v) is 3.75. The molecule has 130 valence electrons. The van der Waals surface area contributed by atoms with Gasteiger partial charge in [0.05, 0.1) is 21.8 Å². The van der Waals surface area contributed by atoms with E-state index in [0.29, 0.717) is 24.3 Å². The molecule has 1 amide bonds. The standard InChI is InChI=1S/C17H16N2O5S/c20-16-6-3-11-19(16)15-5-2-1-4-14(15)18-25(23,24)13-9-7-12(8-10-13)17(21)22/h1-2,4-5,7-10,18H,3,6,11H2,(H,21,22). The molecule has 7 nitrogen and oxygen atoms in total. The molecule has 0 radical (unpaired) electrons. The van der Waals surface area contributed by atoms with Crippen LogP contribution in [0.15, 0.2) is 53.4 Å². The number of benzene rings is 2. The second kappa shape index (κ2) is 6.56. The van der Waals surface area contributed by atoms with Crippen molar-refractivity contribution in [3.8, 4) is 0 Å². The van der Waals surface area contributed by atoms with E-state index in [-0.39, 0.29) is 16.4 Å². The highest BCUT2D eigenvalue weighted by molar-refractivity contribution is 7.92. The summed E-state index contributed by atoms with van der Waals surface area (Å²) in [5.74, 6) is -1.17. The van der Waals surface area contributed by atoms with Crippen molar-refractivity contribution < 1.29 is 23.1 Å². The molecule has 8 heteroatoms. The van der Waals surface area contributed by atoms with Gasteiger partial charge in [0.1, 0.15) is 0 Å². The number of anilines is 2. The van der Waals surface area contributed by atoms with Gasteiger partial charge in [-0.2, -0.15) is 0 Å². The van der Waals surface area contributed by atoms with Crippen molar-refractivity contribution in [3.63, 3.8) is 0 Å². The minimum absolute atomic E-state index is 0.00186. The van der Waals surface area contributed by atoms with Crippen LogP contribution in [0, 0.1) is 0 Å². The summed E-state index contributed by atoms with van der Waals surface area (Å²) >= 11 is 0. The monoisotopic (exact) mass is 360 g/mol. The predicted molar refractivity (Wildman–Crippen MR) is 92.2 cm³/mol. The van der Waals surface area contributed by atoms with E-state index in [4.69, 9.17) is 5.11 Å². The normalized spacial score (nSPS) is 14.6. The van der Waals surface area contributed by atoms with Gasteiger partial charge < -0.3 is 10.0 Å². The highest BCUT2D eigenvalue weighted by atomic mass is 32.2. The number of carboxylic acid groups (broad SMARTS) is 1. The Hall–Kier alpha value is -2.87. The van der Waals surface area contributed by atoms with Crippen molar-refractivity contribution in [1.29, 1.82) is 0 Å². The van der Waals surface area contributed by atoms with Gasteiger partial charge >= 0.3 is 5.97 Å². The summed E-state index contributed by atoms with van der Waals surface area (Å²) in [6.45, 7) is 0.547. The zero-order valence-electron chi connectivity index (χ0n) is 13.2. The smallest absolute Gasteiger partial charge is 0.335 e. The lowest BCUT2D eigenvalue weighted by molar-refractivity contribution is -0.117. The second-order valence-corrected chi connectivity index (χ2v) is 7.28. The fourth-order valence-electron chi connectivity index (χ4n) is 2.68. The molecule has 25 heavy (non-hydrogen) atoms. The molecule has 0 saturated carbocycles. The first-order valence-electron chi connectivity index (χ1n) is 7.64. The third-order valence-corrected chi connectivity index (χ3v) is 5.31. The Kier molecular flexibility index (Phi) is 4.45. The molecule has 1 aliphatic rings. The van der Waals surface area contributed by atoms with E-state index in [1.54, 1.807) is 29.2 Å². The maximum Gasteiger partial charge on any atom is 0.335 e. The van der Waals surface area contributed by atoms with Crippen LogP contribution in [0.25, 0.3) is 0 Å². The Bertz CT molecular complexity index is 922. The number of nitrogens with zero attached hydrogens (tertiary/aromatic N) is 1. The van der Waals surface area contributed by atoms with E-state index in [0.717, 1.165) is 6.42 Å². The third-order valence-electron chi connectivity index (χ3n) is 3.92. The van der Waals surface area contributed by atoms with Crippen LogP contribution in [0.5, 0.6) is 0 Å². The number of hydrogen-bond acceptors (Lipinski definition) is 4. The zero-order valence-corrected chi connectivity index (χ0v) is 14.0. The molecule has 2 N–H and O–H groups in total. The van der Waals surface area contributed by atoms with Crippen LogP contribution in [-0.4, -0.2) is 31.9 Å². The van der Waals surface area contributed by atoms with E-state index in [1.807, 2.05) is 0 Å². The summed E-state index contributed by atoms with van der Waals surface area (Å²) in [7, 11) is -3.91. The Morgan fingerprint density at radius 2 is 1.76 bits per heavy atom. The lowest BCUT2D eigenvalue weighted by atomic mass is 10.2. The van der Waals surface area contributed by atoms with Crippen molar-refractivity contribution in [1.82, 2.24) is 0 Å². The van der Waals surface area contributed by atoms with E-state index in [2.05, 4.69) is 4.72 Å². The zero-order chi connectivity index (χ0) is 18.0. The number of para-hydroxylation sites is 2. The third kappa shape index (κ3) is 3.48. The number of amides is 1. The first-order valence-corrected chi connectivity index (χ1v) is 9.12. The van der Waals surface area contributed by atoms with Gasteiger partial charge in [-0.1, -0.05) is 12.1 Å². The summed E-state index contributed by atoms with van der Waals surface area (Å²) < 4.78 is 27.6. The summed E-state index contributed by atoms with van der Waals surface area (Å²) in [6.07, 6.45) is 1.17. The summed E-state index contributed by atoms with van der Waals surface area (Å²) in [5, 5.41) is 8.89. The van der Waals surface area contributed by atoms with Crippen LogP contribution in [0.1, 0.15) is 23.2 Å². The van der Waals surface area contributed by atoms with E-state index in [1.165, 1.54) is 24.3 Å². The maximum absolute atomic E-state index is 12.6. The first kappa shape index (κ1) is 17.0. The predicted octanol–water partition coefficient (Wildman–Crippen LogP) is 2.31. The van der Waals surface area contributed by atoms with Crippen LogP contribution in [0.4, 0.5) is 11.4 Å². The highest BCUT2D eigenvalue weighted by Crippen LogP contribution is 2.31. The van der Waals surface area contributed by atoms with Crippen molar-refractivity contribution in [3.05, 3.63) is 54.1 Å². The van der Waals surface area contributed by atoms with Crippen molar-refractivity contribution in [2.75, 3.05) is 16.2 Å². The molecule has 0 bridgehead atoms. The highest BCUT2D eigenvalue weighted by Gasteiger charge is 2.25. The Morgan fingerprint density at radius 3 is 2.36 bits per heavy atom. The number of carboxylic acids is 1. The molecular weight excluding hydrogens is 344 g/mol. The minimum atomic E-state index is -3.91. The molecule has 3 rings (SSSR count). The molecule has 1 heterocycles. The molecule has 0 aliphatic carbocycles. The molecule has 1 aliphatic heterocycles. The summed E-state index contributed by atoms with van der Waals surface area (Å²) in [6, 6.07) is 11.6. The number of rotatable bonds is 5. The topological polar surface area (TPSA) is 104 Å². The van der Waals surface area contributed by atoms with Crippen molar-refractivity contribution in [2.24, 2.45) is 0 Å². The van der Waals surface area contributed by atoms with Gasteiger partial charge in [-0.15, -0.1) is 0 Å². The Labute approximate surface area is 144 Å². The number of aromatic carboxylic acids is 1. The number of carbonyl (C=O) groups excluding carboxylic acids is 1. The first-order chi connectivity index (χ1) is 11.9. The largest absolute Gasteiger partial charge is 0.478 e. The average molecular weight is 360 g/mol. The van der Waals surface area contributed by atoms with Crippen LogP contribution in [0.2, 0.25) is 0 Å². The fraction of sp³-hybridized carbons (Fsp3) is 0.176. The number of nitrogens with one attached hydrogen (secondary N) is 1. The molecular formula is C17H16N2O5S. The summed E-state index contributed by atoms with van der Waals surface area (Å²) in [4.78, 5) is 24.3. The van der Waals surface area contributed by atoms with Crippen LogP contribution in [0.3, 0.4) is 0 Å². The van der Waals surface area contributed by atoms with Crippen LogP contribution < -0.4 is 9.62 Å². The maximum atomic E-state index is 12.6. The molecule has 2 aromatic carbocycles. The van der Waals surface area contributed by atoms with Gasteiger partial charge in [-0.05, 0) is 42.8 Å². The molecule has 0 aromatic heterocycles. The second-order valence-electron chi connectivity index (χ2n) is 5.60. The van der Waals surface area contributed by atoms with E-state index in [9.17, 15) is 18.0 Å².